The molecule has 3 nitrogen and oxygen atoms in total. The van der Waals surface area contributed by atoms with Gasteiger partial charge in [0.2, 0.25) is 0 Å². The van der Waals surface area contributed by atoms with Crippen LogP contribution < -0.4 is 0 Å². The Bertz CT molecular complexity index is 96.8. The van der Waals surface area contributed by atoms with E-state index in [0.717, 1.165) is 0 Å². The standard InChI is InChI=1S/C9H20.H3O3P/c1-5-6-7-8-9(2,3)4;1-4(2)3/h5-8H2,1-4H3;1-3H. The molecule has 0 aliphatic rings. The van der Waals surface area contributed by atoms with E-state index in [1.54, 1.807) is 0 Å². The molecule has 82 valence electrons. The molecule has 13 heavy (non-hydrogen) atoms. The van der Waals surface area contributed by atoms with Crippen LogP contribution in [-0.2, 0) is 0 Å². The Kier molecular flexibility index (Phi) is 10.8. The van der Waals surface area contributed by atoms with E-state index in [4.69, 9.17) is 14.7 Å². The summed E-state index contributed by atoms with van der Waals surface area (Å²) >= 11 is 0. The molecule has 0 heterocycles. The molecule has 0 rings (SSSR count). The molecule has 0 aliphatic heterocycles. The van der Waals surface area contributed by atoms with Crippen LogP contribution in [0.1, 0.15) is 53.4 Å². The van der Waals surface area contributed by atoms with Crippen molar-refractivity contribution in [2.24, 2.45) is 5.41 Å². The highest BCUT2D eigenvalue weighted by atomic mass is 31.2. The summed E-state index contributed by atoms with van der Waals surface area (Å²) in [4.78, 5) is 21.7. The van der Waals surface area contributed by atoms with Crippen molar-refractivity contribution >= 4 is 8.60 Å². The van der Waals surface area contributed by atoms with Crippen LogP contribution >= 0.6 is 8.60 Å². The van der Waals surface area contributed by atoms with Gasteiger partial charge >= 0.3 is 8.60 Å². The number of hydrogen-bond donors (Lipinski definition) is 3. The van der Waals surface area contributed by atoms with Crippen LogP contribution in [0.2, 0.25) is 0 Å². The van der Waals surface area contributed by atoms with Crippen LogP contribution in [-0.4, -0.2) is 14.7 Å². The van der Waals surface area contributed by atoms with Crippen molar-refractivity contribution in [2.45, 2.75) is 53.4 Å². The lowest BCUT2D eigenvalue weighted by atomic mass is 9.90. The van der Waals surface area contributed by atoms with E-state index in [2.05, 4.69) is 27.7 Å². The largest absolute Gasteiger partial charge is 0.328 e. The van der Waals surface area contributed by atoms with E-state index in [1.165, 1.54) is 25.7 Å². The van der Waals surface area contributed by atoms with Gasteiger partial charge in [-0.25, -0.2) is 0 Å². The summed E-state index contributed by atoms with van der Waals surface area (Å²) in [5.74, 6) is 0. The normalized spacial score (nSPS) is 11.1. The third-order valence-electron chi connectivity index (χ3n) is 1.53. The lowest BCUT2D eigenvalue weighted by Gasteiger charge is -2.16. The predicted molar refractivity (Wildman–Crippen MR) is 57.2 cm³/mol. The molecule has 0 atom stereocenters. The summed E-state index contributed by atoms with van der Waals surface area (Å²) in [6.07, 6.45) is 5.52. The van der Waals surface area contributed by atoms with Gasteiger partial charge in [0.15, 0.2) is 0 Å². The topological polar surface area (TPSA) is 60.7 Å². The molecule has 0 aromatic heterocycles. The van der Waals surface area contributed by atoms with Crippen molar-refractivity contribution < 1.29 is 14.7 Å². The lowest BCUT2D eigenvalue weighted by molar-refractivity contribution is 0.359. The monoisotopic (exact) mass is 210 g/mol. The minimum atomic E-state index is -2.62. The van der Waals surface area contributed by atoms with Gasteiger partial charge in [0.1, 0.15) is 0 Å². The first-order chi connectivity index (χ1) is 5.79. The van der Waals surface area contributed by atoms with Gasteiger partial charge < -0.3 is 14.7 Å². The van der Waals surface area contributed by atoms with Gasteiger partial charge in [-0.3, -0.25) is 0 Å². The van der Waals surface area contributed by atoms with E-state index in [-0.39, 0.29) is 0 Å². The first-order valence-electron chi connectivity index (χ1n) is 4.66. The summed E-state index contributed by atoms with van der Waals surface area (Å²) in [5.41, 5.74) is 0.551. The summed E-state index contributed by atoms with van der Waals surface area (Å²) in [6.45, 7) is 9.18. The molecule has 0 aromatic carbocycles. The summed E-state index contributed by atoms with van der Waals surface area (Å²) in [7, 11) is -2.62. The molecule has 0 saturated heterocycles. The molecule has 0 aliphatic carbocycles. The molecule has 0 bridgehead atoms. The minimum absolute atomic E-state index is 0.551. The van der Waals surface area contributed by atoms with Crippen LogP contribution in [0.4, 0.5) is 0 Å². The van der Waals surface area contributed by atoms with Crippen molar-refractivity contribution in [1.29, 1.82) is 0 Å². The van der Waals surface area contributed by atoms with Gasteiger partial charge in [-0.2, -0.15) is 0 Å². The van der Waals surface area contributed by atoms with Crippen molar-refractivity contribution in [3.63, 3.8) is 0 Å². The fourth-order valence-electron chi connectivity index (χ4n) is 0.905. The lowest BCUT2D eigenvalue weighted by Crippen LogP contribution is -2.03. The van der Waals surface area contributed by atoms with E-state index in [9.17, 15) is 0 Å². The van der Waals surface area contributed by atoms with E-state index < -0.39 is 8.60 Å². The Labute approximate surface area is 82.8 Å². The minimum Gasteiger partial charge on any atom is -0.328 e. The first kappa shape index (κ1) is 15.8. The van der Waals surface area contributed by atoms with Crippen molar-refractivity contribution in [3.05, 3.63) is 0 Å². The number of rotatable bonds is 3. The Morgan fingerprint density at radius 1 is 1.00 bits per heavy atom. The van der Waals surface area contributed by atoms with Crippen molar-refractivity contribution in [2.75, 3.05) is 0 Å². The maximum Gasteiger partial charge on any atom is 0.324 e. The molecule has 0 fully saturated rings. The second-order valence-corrected chi connectivity index (χ2v) is 4.82. The van der Waals surface area contributed by atoms with E-state index >= 15 is 0 Å². The van der Waals surface area contributed by atoms with Crippen molar-refractivity contribution in [1.82, 2.24) is 0 Å². The molecule has 0 radical (unpaired) electrons. The van der Waals surface area contributed by atoms with Crippen LogP contribution in [0, 0.1) is 5.41 Å². The first-order valence-corrected chi connectivity index (χ1v) is 5.86. The van der Waals surface area contributed by atoms with Gasteiger partial charge in [-0.15, -0.1) is 0 Å². The average Bonchev–Trinajstić information content (AvgIpc) is 1.83. The van der Waals surface area contributed by atoms with E-state index in [1.807, 2.05) is 0 Å². The molecule has 0 saturated carbocycles. The summed E-state index contributed by atoms with van der Waals surface area (Å²) in [6, 6.07) is 0. The van der Waals surface area contributed by atoms with Gasteiger partial charge in [0, 0.05) is 0 Å². The third-order valence-corrected chi connectivity index (χ3v) is 1.53. The fraction of sp³-hybridized carbons (Fsp3) is 1.00. The highest BCUT2D eigenvalue weighted by molar-refractivity contribution is 7.38. The second kappa shape index (κ2) is 8.89. The predicted octanol–water partition coefficient (Wildman–Crippen LogP) is 2.80. The van der Waals surface area contributed by atoms with Crippen LogP contribution in [0.3, 0.4) is 0 Å². The molecular weight excluding hydrogens is 187 g/mol. The smallest absolute Gasteiger partial charge is 0.324 e. The Balaban J connectivity index is 0. The quantitative estimate of drug-likeness (QED) is 0.496. The molecular formula is C9H23O3P. The van der Waals surface area contributed by atoms with Crippen LogP contribution in [0.15, 0.2) is 0 Å². The molecule has 0 spiro atoms. The molecule has 3 N–H and O–H groups in total. The van der Waals surface area contributed by atoms with E-state index in [0.29, 0.717) is 5.41 Å². The van der Waals surface area contributed by atoms with Crippen LogP contribution in [0.5, 0.6) is 0 Å². The van der Waals surface area contributed by atoms with Gasteiger partial charge in [-0.1, -0.05) is 47.0 Å². The number of hydrogen-bond acceptors (Lipinski definition) is 3. The zero-order valence-electron chi connectivity index (χ0n) is 9.12. The average molecular weight is 210 g/mol. The molecule has 0 aromatic rings. The molecule has 0 unspecified atom stereocenters. The Morgan fingerprint density at radius 3 is 1.62 bits per heavy atom. The second-order valence-electron chi connectivity index (χ2n) is 4.29. The summed E-state index contributed by atoms with van der Waals surface area (Å²) in [5, 5.41) is 0. The maximum atomic E-state index is 7.23. The Morgan fingerprint density at radius 2 is 1.38 bits per heavy atom. The maximum absolute atomic E-state index is 7.23. The zero-order chi connectivity index (χ0) is 10.9. The zero-order valence-corrected chi connectivity index (χ0v) is 10.0. The highest BCUT2D eigenvalue weighted by Gasteiger charge is 2.07. The fourth-order valence-corrected chi connectivity index (χ4v) is 0.905. The molecule has 4 heteroatoms. The van der Waals surface area contributed by atoms with Gasteiger partial charge in [0.05, 0.1) is 0 Å². The van der Waals surface area contributed by atoms with Gasteiger partial charge in [0.25, 0.3) is 0 Å². The Hall–Kier alpha value is 0.310. The van der Waals surface area contributed by atoms with Crippen molar-refractivity contribution in [3.8, 4) is 0 Å². The molecule has 0 amide bonds. The number of unbranched alkanes of at least 4 members (excludes halogenated alkanes) is 2. The highest BCUT2D eigenvalue weighted by Crippen LogP contribution is 2.21. The van der Waals surface area contributed by atoms with Crippen LogP contribution in [0.25, 0.3) is 0 Å². The summed E-state index contributed by atoms with van der Waals surface area (Å²) < 4.78 is 0. The SMILES string of the molecule is CCCCCC(C)(C)C.OP(O)O. The third kappa shape index (κ3) is 32.9. The van der Waals surface area contributed by atoms with Gasteiger partial charge in [-0.05, 0) is 11.8 Å².